The third-order valence-corrected chi connectivity index (χ3v) is 4.46. The van der Waals surface area contributed by atoms with E-state index in [2.05, 4.69) is 12.2 Å². The van der Waals surface area contributed by atoms with Gasteiger partial charge in [-0.25, -0.2) is 0 Å². The van der Waals surface area contributed by atoms with Gasteiger partial charge in [0.25, 0.3) is 5.91 Å². The van der Waals surface area contributed by atoms with E-state index >= 15 is 0 Å². The molecule has 21 heavy (non-hydrogen) atoms. The molecular formula is C17H22N2O2. The molecule has 3 N–H and O–H groups in total. The van der Waals surface area contributed by atoms with Crippen LogP contribution in [-0.4, -0.2) is 11.9 Å². The van der Waals surface area contributed by atoms with Crippen molar-refractivity contribution in [3.63, 3.8) is 0 Å². The number of amides is 1. The quantitative estimate of drug-likeness (QED) is 0.845. The van der Waals surface area contributed by atoms with Gasteiger partial charge in [-0.15, -0.1) is 0 Å². The lowest BCUT2D eigenvalue weighted by Crippen LogP contribution is -2.38. The number of hydrogen-bond acceptors (Lipinski definition) is 3. The van der Waals surface area contributed by atoms with Crippen molar-refractivity contribution in [2.24, 2.45) is 5.92 Å². The molecule has 0 bridgehead atoms. The summed E-state index contributed by atoms with van der Waals surface area (Å²) < 4.78 is 5.61. The van der Waals surface area contributed by atoms with E-state index < -0.39 is 0 Å². The van der Waals surface area contributed by atoms with E-state index in [1.54, 1.807) is 18.2 Å². The van der Waals surface area contributed by atoms with Crippen molar-refractivity contribution in [2.45, 2.75) is 45.1 Å². The van der Waals surface area contributed by atoms with Crippen molar-refractivity contribution in [2.75, 3.05) is 5.73 Å². The zero-order chi connectivity index (χ0) is 14.8. The minimum absolute atomic E-state index is 0.119. The standard InChI is InChI=1S/C17H22N2O2/c1-2-11-4-3-5-14(8-11)19-17(20)16-10-12-9-13(18)6-7-15(12)21-16/h6-7,9-11,14H,2-5,8,18H2,1H3,(H,19,20). The Morgan fingerprint density at radius 1 is 1.38 bits per heavy atom. The molecule has 2 unspecified atom stereocenters. The van der Waals surface area contributed by atoms with Crippen LogP contribution in [0.3, 0.4) is 0 Å². The van der Waals surface area contributed by atoms with E-state index in [-0.39, 0.29) is 11.9 Å². The maximum atomic E-state index is 12.3. The first kappa shape index (κ1) is 14.0. The number of rotatable bonds is 3. The molecule has 0 radical (unpaired) electrons. The highest BCUT2D eigenvalue weighted by molar-refractivity contribution is 5.96. The molecule has 2 aromatic rings. The lowest BCUT2D eigenvalue weighted by Gasteiger charge is -2.28. The lowest BCUT2D eigenvalue weighted by atomic mass is 9.84. The van der Waals surface area contributed by atoms with Crippen molar-refractivity contribution in [3.05, 3.63) is 30.0 Å². The largest absolute Gasteiger partial charge is 0.451 e. The summed E-state index contributed by atoms with van der Waals surface area (Å²) in [4.78, 5) is 12.3. The lowest BCUT2D eigenvalue weighted by molar-refractivity contribution is 0.0893. The van der Waals surface area contributed by atoms with Crippen molar-refractivity contribution in [3.8, 4) is 0 Å². The second-order valence-electron chi connectivity index (χ2n) is 6.02. The van der Waals surface area contributed by atoms with E-state index in [9.17, 15) is 4.79 Å². The smallest absolute Gasteiger partial charge is 0.287 e. The summed E-state index contributed by atoms with van der Waals surface area (Å²) in [6.07, 6.45) is 5.81. The first-order chi connectivity index (χ1) is 10.2. The molecule has 112 valence electrons. The van der Waals surface area contributed by atoms with Crippen LogP contribution in [0.4, 0.5) is 5.69 Å². The molecular weight excluding hydrogens is 264 g/mol. The highest BCUT2D eigenvalue weighted by Crippen LogP contribution is 2.27. The second kappa shape index (κ2) is 5.80. The first-order valence-corrected chi connectivity index (χ1v) is 7.75. The highest BCUT2D eigenvalue weighted by atomic mass is 16.3. The van der Waals surface area contributed by atoms with Crippen molar-refractivity contribution in [1.29, 1.82) is 0 Å². The second-order valence-corrected chi connectivity index (χ2v) is 6.02. The molecule has 4 heteroatoms. The van der Waals surface area contributed by atoms with Crippen molar-refractivity contribution < 1.29 is 9.21 Å². The average Bonchev–Trinajstić information content (AvgIpc) is 2.90. The van der Waals surface area contributed by atoms with Crippen LogP contribution >= 0.6 is 0 Å². The molecule has 4 nitrogen and oxygen atoms in total. The van der Waals surface area contributed by atoms with Gasteiger partial charge in [-0.05, 0) is 43.0 Å². The Labute approximate surface area is 124 Å². The monoisotopic (exact) mass is 286 g/mol. The molecule has 0 spiro atoms. The molecule has 1 aromatic heterocycles. The number of anilines is 1. The predicted molar refractivity (Wildman–Crippen MR) is 84.1 cm³/mol. The summed E-state index contributed by atoms with van der Waals surface area (Å²) in [5, 5.41) is 3.98. The zero-order valence-corrected chi connectivity index (χ0v) is 12.4. The Morgan fingerprint density at radius 3 is 3.05 bits per heavy atom. The van der Waals surface area contributed by atoms with E-state index in [1.807, 2.05) is 6.07 Å². The number of nitrogens with one attached hydrogen (secondary N) is 1. The van der Waals surface area contributed by atoms with Crippen molar-refractivity contribution >= 4 is 22.6 Å². The van der Waals surface area contributed by atoms with Crippen LogP contribution in [0.25, 0.3) is 11.0 Å². The Morgan fingerprint density at radius 2 is 2.24 bits per heavy atom. The number of hydrogen-bond donors (Lipinski definition) is 2. The topological polar surface area (TPSA) is 68.3 Å². The molecule has 1 amide bonds. The van der Waals surface area contributed by atoms with E-state index in [4.69, 9.17) is 10.2 Å². The predicted octanol–water partition coefficient (Wildman–Crippen LogP) is 3.71. The van der Waals surface area contributed by atoms with Gasteiger partial charge < -0.3 is 15.5 Å². The summed E-state index contributed by atoms with van der Waals surface area (Å²) in [5.74, 6) is 0.986. The number of fused-ring (bicyclic) bond motifs is 1. The number of carbonyl (C=O) groups is 1. The van der Waals surface area contributed by atoms with Gasteiger partial charge in [-0.2, -0.15) is 0 Å². The van der Waals surface area contributed by atoms with Gasteiger partial charge >= 0.3 is 0 Å². The molecule has 0 saturated heterocycles. The zero-order valence-electron chi connectivity index (χ0n) is 12.4. The Kier molecular flexibility index (Phi) is 3.86. The van der Waals surface area contributed by atoms with Crippen LogP contribution < -0.4 is 11.1 Å². The van der Waals surface area contributed by atoms with E-state index in [0.717, 1.165) is 24.1 Å². The van der Waals surface area contributed by atoms with Gasteiger partial charge in [0, 0.05) is 17.1 Å². The number of nitrogens with two attached hydrogens (primary N) is 1. The number of benzene rings is 1. The maximum absolute atomic E-state index is 12.3. The number of furan rings is 1. The van der Waals surface area contributed by atoms with Gasteiger partial charge in [0.2, 0.25) is 0 Å². The van der Waals surface area contributed by atoms with Crippen LogP contribution in [0.15, 0.2) is 28.7 Å². The Hall–Kier alpha value is -1.97. The highest BCUT2D eigenvalue weighted by Gasteiger charge is 2.23. The summed E-state index contributed by atoms with van der Waals surface area (Å²) in [6, 6.07) is 7.44. The summed E-state index contributed by atoms with van der Waals surface area (Å²) in [7, 11) is 0. The molecule has 1 aliphatic rings. The molecule has 1 aromatic carbocycles. The minimum Gasteiger partial charge on any atom is -0.451 e. The van der Waals surface area contributed by atoms with E-state index in [0.29, 0.717) is 17.0 Å². The average molecular weight is 286 g/mol. The van der Waals surface area contributed by atoms with Gasteiger partial charge in [0.15, 0.2) is 5.76 Å². The SMILES string of the molecule is CCC1CCCC(NC(=O)c2cc3cc(N)ccc3o2)C1. The summed E-state index contributed by atoms with van der Waals surface area (Å²) in [5.41, 5.74) is 7.12. The van der Waals surface area contributed by atoms with E-state index in [1.165, 1.54) is 19.3 Å². The first-order valence-electron chi connectivity index (χ1n) is 7.75. The molecule has 1 aliphatic carbocycles. The minimum atomic E-state index is -0.119. The third kappa shape index (κ3) is 3.04. The Balaban J connectivity index is 1.71. The van der Waals surface area contributed by atoms with Crippen LogP contribution in [0.2, 0.25) is 0 Å². The molecule has 1 saturated carbocycles. The normalized spacial score (nSPS) is 22.3. The number of carbonyl (C=O) groups excluding carboxylic acids is 1. The van der Waals surface area contributed by atoms with Crippen molar-refractivity contribution in [1.82, 2.24) is 5.32 Å². The molecule has 3 rings (SSSR count). The molecule has 1 fully saturated rings. The van der Waals surface area contributed by atoms with Crippen LogP contribution in [-0.2, 0) is 0 Å². The van der Waals surface area contributed by atoms with Crippen LogP contribution in [0.5, 0.6) is 0 Å². The third-order valence-electron chi connectivity index (χ3n) is 4.46. The number of nitrogen functional groups attached to an aromatic ring is 1. The molecule has 0 aliphatic heterocycles. The Bertz CT molecular complexity index is 647. The fraction of sp³-hybridized carbons (Fsp3) is 0.471. The van der Waals surface area contributed by atoms with Crippen LogP contribution in [0.1, 0.15) is 49.6 Å². The fourth-order valence-corrected chi connectivity index (χ4v) is 3.22. The maximum Gasteiger partial charge on any atom is 0.287 e. The molecule has 1 heterocycles. The van der Waals surface area contributed by atoms with Gasteiger partial charge in [0.1, 0.15) is 5.58 Å². The summed E-state index contributed by atoms with van der Waals surface area (Å²) in [6.45, 7) is 2.22. The van der Waals surface area contributed by atoms with Gasteiger partial charge in [-0.1, -0.05) is 26.2 Å². The van der Waals surface area contributed by atoms with Gasteiger partial charge in [0.05, 0.1) is 0 Å². The molecule has 2 atom stereocenters. The fourth-order valence-electron chi connectivity index (χ4n) is 3.22. The van der Waals surface area contributed by atoms with Gasteiger partial charge in [-0.3, -0.25) is 4.79 Å². The van der Waals surface area contributed by atoms with Crippen LogP contribution in [0, 0.1) is 5.92 Å². The summed E-state index contributed by atoms with van der Waals surface area (Å²) >= 11 is 0.